The Kier molecular flexibility index (Phi) is 4.17. The van der Waals surface area contributed by atoms with Crippen molar-refractivity contribution in [1.82, 2.24) is 19.6 Å². The van der Waals surface area contributed by atoms with Crippen molar-refractivity contribution < 1.29 is 14.3 Å². The SMILES string of the molecule is Cc1cc(C)n(Cc2ccc(C(=O)N3CC[C@]4(CN(C)C(=O)O4)C3)cc2)n1. The quantitative estimate of drug-likeness (QED) is 0.833. The van der Waals surface area contributed by atoms with Gasteiger partial charge in [0, 0.05) is 31.3 Å². The Balaban J connectivity index is 1.43. The Labute approximate surface area is 158 Å². The van der Waals surface area contributed by atoms with Crippen LogP contribution in [0.4, 0.5) is 4.79 Å². The van der Waals surface area contributed by atoms with Crippen LogP contribution in [0.1, 0.15) is 33.7 Å². The van der Waals surface area contributed by atoms with Gasteiger partial charge in [-0.3, -0.25) is 9.48 Å². The van der Waals surface area contributed by atoms with Gasteiger partial charge in [-0.2, -0.15) is 5.10 Å². The predicted octanol–water partition coefficient (Wildman–Crippen LogP) is 2.21. The molecule has 2 saturated heterocycles. The molecule has 0 radical (unpaired) electrons. The summed E-state index contributed by atoms with van der Waals surface area (Å²) in [5.41, 5.74) is 3.33. The Morgan fingerprint density at radius 2 is 1.96 bits per heavy atom. The van der Waals surface area contributed by atoms with E-state index in [1.807, 2.05) is 48.9 Å². The zero-order valence-electron chi connectivity index (χ0n) is 15.9. The highest BCUT2D eigenvalue weighted by atomic mass is 16.6. The number of aryl methyl sites for hydroxylation is 2. The number of likely N-dealkylation sites (N-methyl/N-ethyl adjacent to an activating group) is 1. The molecule has 7 heteroatoms. The summed E-state index contributed by atoms with van der Waals surface area (Å²) in [5, 5.41) is 4.48. The van der Waals surface area contributed by atoms with Crippen LogP contribution in [-0.4, -0.2) is 63.9 Å². The van der Waals surface area contributed by atoms with Crippen molar-refractivity contribution in [3.05, 3.63) is 52.8 Å². The maximum atomic E-state index is 12.8. The van der Waals surface area contributed by atoms with Crippen LogP contribution in [0.2, 0.25) is 0 Å². The van der Waals surface area contributed by atoms with Crippen molar-refractivity contribution in [2.75, 3.05) is 26.7 Å². The standard InChI is InChI=1S/C20H24N4O3/c1-14-10-15(2)24(21-14)11-16-4-6-17(7-5-16)18(25)23-9-8-20(13-23)12-22(3)19(26)27-20/h4-7,10H,8-9,11-13H2,1-3H3/t20-/m0/s1. The van der Waals surface area contributed by atoms with Crippen LogP contribution >= 0.6 is 0 Å². The Hall–Kier alpha value is -2.83. The molecule has 0 N–H and O–H groups in total. The molecule has 142 valence electrons. The van der Waals surface area contributed by atoms with E-state index in [0.29, 0.717) is 38.2 Å². The molecule has 1 atom stereocenters. The van der Waals surface area contributed by atoms with Crippen LogP contribution in [0, 0.1) is 13.8 Å². The first kappa shape index (κ1) is 17.6. The molecule has 1 aromatic carbocycles. The van der Waals surface area contributed by atoms with Crippen LogP contribution in [0.25, 0.3) is 0 Å². The summed E-state index contributed by atoms with van der Waals surface area (Å²) in [6.07, 6.45) is 0.378. The summed E-state index contributed by atoms with van der Waals surface area (Å²) in [6.45, 7) is 6.30. The van der Waals surface area contributed by atoms with Crippen molar-refractivity contribution >= 4 is 12.0 Å². The zero-order chi connectivity index (χ0) is 19.2. The van der Waals surface area contributed by atoms with Crippen molar-refractivity contribution in [3.63, 3.8) is 0 Å². The molecule has 2 aliphatic heterocycles. The number of nitrogens with zero attached hydrogens (tertiary/aromatic N) is 4. The van der Waals surface area contributed by atoms with Gasteiger partial charge in [0.05, 0.1) is 25.3 Å². The third kappa shape index (κ3) is 3.29. The third-order valence-corrected chi connectivity index (χ3v) is 5.38. The van der Waals surface area contributed by atoms with Gasteiger partial charge in [-0.1, -0.05) is 12.1 Å². The number of benzene rings is 1. The minimum absolute atomic E-state index is 0.0184. The first-order valence-electron chi connectivity index (χ1n) is 9.19. The summed E-state index contributed by atoms with van der Waals surface area (Å²) in [4.78, 5) is 27.9. The fourth-order valence-corrected chi connectivity index (χ4v) is 3.97. The molecule has 0 saturated carbocycles. The van der Waals surface area contributed by atoms with E-state index < -0.39 is 5.60 Å². The minimum Gasteiger partial charge on any atom is -0.439 e. The number of aromatic nitrogens is 2. The van der Waals surface area contributed by atoms with E-state index in [4.69, 9.17) is 4.74 Å². The predicted molar refractivity (Wildman–Crippen MR) is 99.6 cm³/mol. The third-order valence-electron chi connectivity index (χ3n) is 5.38. The maximum Gasteiger partial charge on any atom is 0.410 e. The zero-order valence-corrected chi connectivity index (χ0v) is 15.9. The van der Waals surface area contributed by atoms with Gasteiger partial charge in [-0.15, -0.1) is 0 Å². The lowest BCUT2D eigenvalue weighted by Crippen LogP contribution is -2.39. The molecule has 2 amide bonds. The summed E-state index contributed by atoms with van der Waals surface area (Å²) in [6, 6.07) is 9.72. The lowest BCUT2D eigenvalue weighted by molar-refractivity contribution is 0.0553. The molecule has 0 bridgehead atoms. The van der Waals surface area contributed by atoms with Crippen LogP contribution in [0.15, 0.2) is 30.3 Å². The van der Waals surface area contributed by atoms with Gasteiger partial charge < -0.3 is 14.5 Å². The highest BCUT2D eigenvalue weighted by Crippen LogP contribution is 2.32. The Morgan fingerprint density at radius 1 is 1.22 bits per heavy atom. The monoisotopic (exact) mass is 368 g/mol. The van der Waals surface area contributed by atoms with E-state index in [0.717, 1.165) is 17.0 Å². The molecule has 2 fully saturated rings. The van der Waals surface area contributed by atoms with Crippen LogP contribution in [-0.2, 0) is 11.3 Å². The molecule has 0 unspecified atom stereocenters. The second-order valence-corrected chi connectivity index (χ2v) is 7.67. The van der Waals surface area contributed by atoms with E-state index in [-0.39, 0.29) is 12.0 Å². The lowest BCUT2D eigenvalue weighted by Gasteiger charge is -2.21. The highest BCUT2D eigenvalue weighted by Gasteiger charge is 2.49. The fourth-order valence-electron chi connectivity index (χ4n) is 3.97. The van der Waals surface area contributed by atoms with Crippen molar-refractivity contribution in [2.24, 2.45) is 0 Å². The van der Waals surface area contributed by atoms with Gasteiger partial charge in [0.15, 0.2) is 5.60 Å². The molecular formula is C20H24N4O3. The Bertz CT molecular complexity index is 889. The topological polar surface area (TPSA) is 67.7 Å². The normalized spacial score (nSPS) is 22.0. The average molecular weight is 368 g/mol. The number of hydrogen-bond acceptors (Lipinski definition) is 4. The number of hydrogen-bond donors (Lipinski definition) is 0. The second kappa shape index (κ2) is 6.40. The largest absolute Gasteiger partial charge is 0.439 e. The van der Waals surface area contributed by atoms with E-state index >= 15 is 0 Å². The van der Waals surface area contributed by atoms with E-state index in [2.05, 4.69) is 5.10 Å². The molecule has 4 rings (SSSR count). The van der Waals surface area contributed by atoms with Gasteiger partial charge in [0.1, 0.15) is 0 Å². The van der Waals surface area contributed by atoms with Gasteiger partial charge in [0.2, 0.25) is 0 Å². The molecule has 2 aromatic rings. The number of carbonyl (C=O) groups is 2. The van der Waals surface area contributed by atoms with Crippen molar-refractivity contribution in [3.8, 4) is 0 Å². The van der Waals surface area contributed by atoms with E-state index in [1.165, 1.54) is 0 Å². The van der Waals surface area contributed by atoms with Crippen LogP contribution < -0.4 is 0 Å². The van der Waals surface area contributed by atoms with Gasteiger partial charge >= 0.3 is 6.09 Å². The highest BCUT2D eigenvalue weighted by molar-refractivity contribution is 5.94. The molecule has 1 aromatic heterocycles. The molecule has 2 aliphatic rings. The van der Waals surface area contributed by atoms with Gasteiger partial charge in [-0.05, 0) is 37.6 Å². The summed E-state index contributed by atoms with van der Waals surface area (Å²) >= 11 is 0. The molecular weight excluding hydrogens is 344 g/mol. The van der Waals surface area contributed by atoms with Crippen molar-refractivity contribution in [2.45, 2.75) is 32.4 Å². The summed E-state index contributed by atoms with van der Waals surface area (Å²) < 4.78 is 7.48. The molecule has 0 aliphatic carbocycles. The fraction of sp³-hybridized carbons (Fsp3) is 0.450. The smallest absolute Gasteiger partial charge is 0.410 e. The number of likely N-dealkylation sites (tertiary alicyclic amines) is 1. The first-order chi connectivity index (χ1) is 12.8. The van der Waals surface area contributed by atoms with E-state index in [9.17, 15) is 9.59 Å². The average Bonchev–Trinajstić information content (AvgIpc) is 3.26. The van der Waals surface area contributed by atoms with Crippen molar-refractivity contribution in [1.29, 1.82) is 0 Å². The second-order valence-electron chi connectivity index (χ2n) is 7.67. The number of rotatable bonds is 3. The van der Waals surface area contributed by atoms with Crippen LogP contribution in [0.5, 0.6) is 0 Å². The molecule has 27 heavy (non-hydrogen) atoms. The molecule has 3 heterocycles. The van der Waals surface area contributed by atoms with Crippen LogP contribution in [0.3, 0.4) is 0 Å². The summed E-state index contributed by atoms with van der Waals surface area (Å²) in [7, 11) is 1.73. The molecule has 7 nitrogen and oxygen atoms in total. The number of amides is 2. The maximum absolute atomic E-state index is 12.8. The van der Waals surface area contributed by atoms with E-state index in [1.54, 1.807) is 16.8 Å². The first-order valence-corrected chi connectivity index (χ1v) is 9.19. The van der Waals surface area contributed by atoms with Gasteiger partial charge in [0.25, 0.3) is 5.91 Å². The molecule has 1 spiro atoms. The number of carbonyl (C=O) groups excluding carboxylic acids is 2. The minimum atomic E-state index is -0.545. The lowest BCUT2D eigenvalue weighted by atomic mass is 10.0. The van der Waals surface area contributed by atoms with Gasteiger partial charge in [-0.25, -0.2) is 4.79 Å². The Morgan fingerprint density at radius 3 is 2.56 bits per heavy atom. The summed E-state index contributed by atoms with van der Waals surface area (Å²) in [5.74, 6) is -0.0184. The number of ether oxygens (including phenoxy) is 1.